The SMILES string of the molecule is N#Cc1ccc(N2CC3CN(S(=O)(=O)Cc4ccccc4)CC3C2)cn1. The fourth-order valence-electron chi connectivity index (χ4n) is 3.90. The van der Waals surface area contributed by atoms with E-state index in [-0.39, 0.29) is 5.75 Å². The van der Waals surface area contributed by atoms with Crippen molar-refractivity contribution >= 4 is 15.7 Å². The van der Waals surface area contributed by atoms with Crippen molar-refractivity contribution in [1.29, 1.82) is 5.26 Å². The lowest BCUT2D eigenvalue weighted by Gasteiger charge is -2.22. The molecule has 2 aromatic rings. The first-order chi connectivity index (χ1) is 12.5. The predicted molar refractivity (Wildman–Crippen MR) is 98.8 cm³/mol. The summed E-state index contributed by atoms with van der Waals surface area (Å²) in [6.07, 6.45) is 1.73. The van der Waals surface area contributed by atoms with Gasteiger partial charge in [-0.15, -0.1) is 0 Å². The summed E-state index contributed by atoms with van der Waals surface area (Å²) in [5, 5.41) is 8.85. The number of nitrogens with zero attached hydrogens (tertiary/aromatic N) is 4. The molecule has 0 amide bonds. The zero-order valence-electron chi connectivity index (χ0n) is 14.3. The number of pyridine rings is 1. The molecule has 2 unspecified atom stereocenters. The van der Waals surface area contributed by atoms with Crippen LogP contribution < -0.4 is 4.90 Å². The van der Waals surface area contributed by atoms with Crippen LogP contribution in [0.2, 0.25) is 0 Å². The Kier molecular flexibility index (Phi) is 4.39. The maximum atomic E-state index is 12.7. The molecule has 0 N–H and O–H groups in total. The molecule has 134 valence electrons. The van der Waals surface area contributed by atoms with E-state index in [1.165, 1.54) is 0 Å². The van der Waals surface area contributed by atoms with Crippen LogP contribution in [0.4, 0.5) is 5.69 Å². The number of sulfonamides is 1. The van der Waals surface area contributed by atoms with Crippen LogP contribution in [0.25, 0.3) is 0 Å². The van der Waals surface area contributed by atoms with E-state index in [9.17, 15) is 8.42 Å². The lowest BCUT2D eigenvalue weighted by atomic mass is 10.0. The Morgan fingerprint density at radius 1 is 1.04 bits per heavy atom. The van der Waals surface area contributed by atoms with Gasteiger partial charge in [0.2, 0.25) is 10.0 Å². The minimum Gasteiger partial charge on any atom is -0.370 e. The van der Waals surface area contributed by atoms with Gasteiger partial charge < -0.3 is 4.90 Å². The maximum Gasteiger partial charge on any atom is 0.218 e. The Morgan fingerprint density at radius 3 is 2.31 bits per heavy atom. The third-order valence-corrected chi connectivity index (χ3v) is 7.05. The molecule has 1 aromatic carbocycles. The summed E-state index contributed by atoms with van der Waals surface area (Å²) in [7, 11) is -3.28. The van der Waals surface area contributed by atoms with E-state index in [4.69, 9.17) is 5.26 Å². The molecular formula is C19H20N4O2S. The van der Waals surface area contributed by atoms with Gasteiger partial charge >= 0.3 is 0 Å². The third kappa shape index (κ3) is 3.30. The van der Waals surface area contributed by atoms with Crippen molar-refractivity contribution in [2.24, 2.45) is 11.8 Å². The lowest BCUT2D eigenvalue weighted by molar-refractivity contribution is 0.452. The molecule has 2 atom stereocenters. The zero-order valence-corrected chi connectivity index (χ0v) is 15.1. The number of nitriles is 1. The van der Waals surface area contributed by atoms with Gasteiger partial charge in [-0.05, 0) is 29.5 Å². The van der Waals surface area contributed by atoms with E-state index in [1.54, 1.807) is 16.6 Å². The zero-order chi connectivity index (χ0) is 18.1. The Labute approximate surface area is 153 Å². The highest BCUT2D eigenvalue weighted by Crippen LogP contribution is 2.35. The van der Waals surface area contributed by atoms with Gasteiger partial charge in [-0.1, -0.05) is 30.3 Å². The number of hydrogen-bond acceptors (Lipinski definition) is 5. The van der Waals surface area contributed by atoms with E-state index in [2.05, 4.69) is 9.88 Å². The first-order valence-corrected chi connectivity index (χ1v) is 10.3. The molecular weight excluding hydrogens is 348 g/mol. The minimum atomic E-state index is -3.28. The molecule has 2 saturated heterocycles. The number of benzene rings is 1. The molecule has 2 fully saturated rings. The summed E-state index contributed by atoms with van der Waals surface area (Å²) in [5.41, 5.74) is 2.23. The van der Waals surface area contributed by atoms with Gasteiger partial charge in [0.25, 0.3) is 0 Å². The quantitative estimate of drug-likeness (QED) is 0.823. The fourth-order valence-corrected chi connectivity index (χ4v) is 5.54. The summed E-state index contributed by atoms with van der Waals surface area (Å²) >= 11 is 0. The number of rotatable bonds is 4. The Morgan fingerprint density at radius 2 is 1.73 bits per heavy atom. The van der Waals surface area contributed by atoms with Gasteiger partial charge in [-0.25, -0.2) is 17.7 Å². The molecule has 2 aliphatic heterocycles. The number of fused-ring (bicyclic) bond motifs is 1. The number of hydrogen-bond donors (Lipinski definition) is 0. The van der Waals surface area contributed by atoms with Crippen LogP contribution in [-0.2, 0) is 15.8 Å². The predicted octanol–water partition coefficient (Wildman–Crippen LogP) is 1.85. The molecule has 0 saturated carbocycles. The first-order valence-electron chi connectivity index (χ1n) is 8.68. The highest BCUT2D eigenvalue weighted by Gasteiger charge is 2.43. The van der Waals surface area contributed by atoms with E-state index in [1.807, 2.05) is 42.5 Å². The normalized spacial score (nSPS) is 23.0. The molecule has 2 aliphatic rings. The Bertz CT molecular complexity index is 908. The average molecular weight is 368 g/mol. The molecule has 1 aromatic heterocycles. The van der Waals surface area contributed by atoms with E-state index < -0.39 is 10.0 Å². The van der Waals surface area contributed by atoms with E-state index in [0.717, 1.165) is 24.3 Å². The topological polar surface area (TPSA) is 77.3 Å². The second-order valence-electron chi connectivity index (χ2n) is 7.00. The van der Waals surface area contributed by atoms with Crippen LogP contribution in [0.5, 0.6) is 0 Å². The summed E-state index contributed by atoms with van der Waals surface area (Å²) in [4.78, 5) is 6.37. The Hall–Kier alpha value is -2.43. The van der Waals surface area contributed by atoms with Crippen molar-refractivity contribution in [3.05, 3.63) is 59.9 Å². The second kappa shape index (κ2) is 6.71. The van der Waals surface area contributed by atoms with Crippen LogP contribution >= 0.6 is 0 Å². The highest BCUT2D eigenvalue weighted by atomic mass is 32.2. The van der Waals surface area contributed by atoms with Gasteiger partial charge in [0.05, 0.1) is 17.6 Å². The molecule has 7 heteroatoms. The molecule has 0 bridgehead atoms. The maximum absolute atomic E-state index is 12.7. The smallest absolute Gasteiger partial charge is 0.218 e. The largest absolute Gasteiger partial charge is 0.370 e. The van der Waals surface area contributed by atoms with Gasteiger partial charge in [0, 0.05) is 26.2 Å². The monoisotopic (exact) mass is 368 g/mol. The lowest BCUT2D eigenvalue weighted by Crippen LogP contribution is -2.34. The van der Waals surface area contributed by atoms with E-state index >= 15 is 0 Å². The van der Waals surface area contributed by atoms with Gasteiger partial charge in [0.1, 0.15) is 11.8 Å². The highest BCUT2D eigenvalue weighted by molar-refractivity contribution is 7.88. The van der Waals surface area contributed by atoms with Crippen LogP contribution in [0.1, 0.15) is 11.3 Å². The van der Waals surface area contributed by atoms with Crippen molar-refractivity contribution in [3.8, 4) is 6.07 Å². The van der Waals surface area contributed by atoms with Crippen LogP contribution in [0, 0.1) is 23.2 Å². The third-order valence-electron chi connectivity index (χ3n) is 5.27. The second-order valence-corrected chi connectivity index (χ2v) is 8.97. The van der Waals surface area contributed by atoms with Gasteiger partial charge in [-0.2, -0.15) is 5.26 Å². The van der Waals surface area contributed by atoms with Crippen molar-refractivity contribution < 1.29 is 8.42 Å². The molecule has 0 radical (unpaired) electrons. The van der Waals surface area contributed by atoms with Gasteiger partial charge in [0.15, 0.2) is 0 Å². The minimum absolute atomic E-state index is 0.0660. The van der Waals surface area contributed by atoms with E-state index in [0.29, 0.717) is 30.6 Å². The van der Waals surface area contributed by atoms with Crippen LogP contribution in [0.3, 0.4) is 0 Å². The van der Waals surface area contributed by atoms with Crippen LogP contribution in [-0.4, -0.2) is 43.9 Å². The first kappa shape index (κ1) is 17.0. The molecule has 6 nitrogen and oxygen atoms in total. The number of anilines is 1. The van der Waals surface area contributed by atoms with Crippen molar-refractivity contribution in [2.75, 3.05) is 31.1 Å². The standard InChI is InChI=1S/C19H20N4O2S/c20-8-18-6-7-19(9-21-18)22-10-16-12-23(13-17(16)11-22)26(24,25)14-15-4-2-1-3-5-15/h1-7,9,16-17H,10-14H2. The van der Waals surface area contributed by atoms with Gasteiger partial charge in [-0.3, -0.25) is 0 Å². The fraction of sp³-hybridized carbons (Fsp3) is 0.368. The molecule has 0 aliphatic carbocycles. The molecule has 0 spiro atoms. The average Bonchev–Trinajstić information content (AvgIpc) is 3.22. The summed E-state index contributed by atoms with van der Waals surface area (Å²) in [6.45, 7) is 2.82. The molecule has 26 heavy (non-hydrogen) atoms. The Balaban J connectivity index is 1.41. The summed E-state index contributed by atoms with van der Waals surface area (Å²) < 4.78 is 27.1. The molecule has 4 rings (SSSR count). The number of aromatic nitrogens is 1. The summed E-state index contributed by atoms with van der Waals surface area (Å²) in [6, 6.07) is 15.0. The van der Waals surface area contributed by atoms with Crippen molar-refractivity contribution in [3.63, 3.8) is 0 Å². The van der Waals surface area contributed by atoms with Crippen molar-refractivity contribution in [1.82, 2.24) is 9.29 Å². The van der Waals surface area contributed by atoms with Crippen molar-refractivity contribution in [2.45, 2.75) is 5.75 Å². The molecule has 3 heterocycles. The summed E-state index contributed by atoms with van der Waals surface area (Å²) in [5.74, 6) is 0.753. The van der Waals surface area contributed by atoms with Crippen LogP contribution in [0.15, 0.2) is 48.7 Å².